The Kier molecular flexibility index (Phi) is 3.33. The zero-order valence-corrected chi connectivity index (χ0v) is 9.80. The minimum atomic E-state index is -3.02. The van der Waals surface area contributed by atoms with Gasteiger partial charge in [0.25, 0.3) is 0 Å². The van der Waals surface area contributed by atoms with E-state index >= 15 is 0 Å². The van der Waals surface area contributed by atoms with Crippen LogP contribution in [0.2, 0.25) is 0 Å². The van der Waals surface area contributed by atoms with Crippen LogP contribution < -0.4 is 10.5 Å². The summed E-state index contributed by atoms with van der Waals surface area (Å²) >= 11 is 0. The maximum Gasteiger partial charge on any atom is 0.214 e. The summed E-state index contributed by atoms with van der Waals surface area (Å²) in [6.07, 6.45) is 6.12. The Bertz CT molecular complexity index is 311. The number of sulfonamides is 1. The molecule has 0 aromatic carbocycles. The lowest BCUT2D eigenvalue weighted by atomic mass is 9.85. The number of hydrogen-bond acceptors (Lipinski definition) is 3. The van der Waals surface area contributed by atoms with Crippen LogP contribution in [0.4, 0.5) is 0 Å². The molecule has 0 spiro atoms. The second-order valence-corrected chi connectivity index (χ2v) is 6.85. The van der Waals surface area contributed by atoms with Crippen LogP contribution in [0.15, 0.2) is 0 Å². The normalized spacial score (nSPS) is 32.9. The summed E-state index contributed by atoms with van der Waals surface area (Å²) in [4.78, 5) is 0. The van der Waals surface area contributed by atoms with E-state index in [1.807, 2.05) is 0 Å². The van der Waals surface area contributed by atoms with Gasteiger partial charge in [0.2, 0.25) is 10.0 Å². The molecule has 5 heteroatoms. The van der Waals surface area contributed by atoms with Gasteiger partial charge in [-0.25, -0.2) is 13.1 Å². The van der Waals surface area contributed by atoms with E-state index in [-0.39, 0.29) is 11.3 Å². The highest BCUT2D eigenvalue weighted by atomic mass is 32.2. The van der Waals surface area contributed by atoms with E-state index in [0.717, 1.165) is 25.7 Å². The predicted octanol–water partition coefficient (Wildman–Crippen LogP) is 0.586. The molecule has 0 radical (unpaired) electrons. The number of nitrogens with two attached hydrogens (primary N) is 1. The third kappa shape index (κ3) is 2.92. The Hall–Kier alpha value is -0.130. The number of nitrogens with one attached hydrogen (secondary N) is 1. The van der Waals surface area contributed by atoms with Gasteiger partial charge in [-0.3, -0.25) is 0 Å². The van der Waals surface area contributed by atoms with Crippen molar-refractivity contribution >= 4 is 10.0 Å². The van der Waals surface area contributed by atoms with Crippen LogP contribution in [0, 0.1) is 5.92 Å². The molecule has 2 saturated carbocycles. The van der Waals surface area contributed by atoms with Crippen LogP contribution in [0.25, 0.3) is 0 Å². The fraction of sp³-hybridized carbons (Fsp3) is 1.00. The summed E-state index contributed by atoms with van der Waals surface area (Å²) in [7, 11) is -3.02. The SMILES string of the molecule is NC1CCCCC1CNS(=O)(=O)C1CC1. The standard InChI is InChI=1S/C10H20N2O2S/c11-10-4-2-1-3-8(10)7-12-15(13,14)9-5-6-9/h8-10,12H,1-7,11H2. The lowest BCUT2D eigenvalue weighted by Gasteiger charge is -2.28. The van der Waals surface area contributed by atoms with Gasteiger partial charge in [-0.05, 0) is 31.6 Å². The van der Waals surface area contributed by atoms with Gasteiger partial charge in [-0.15, -0.1) is 0 Å². The molecule has 0 amide bonds. The number of hydrogen-bond donors (Lipinski definition) is 2. The number of rotatable bonds is 4. The highest BCUT2D eigenvalue weighted by molar-refractivity contribution is 7.90. The first-order valence-corrected chi connectivity index (χ1v) is 7.38. The molecule has 2 atom stereocenters. The van der Waals surface area contributed by atoms with Crippen LogP contribution in [-0.2, 0) is 10.0 Å². The van der Waals surface area contributed by atoms with Gasteiger partial charge in [-0.1, -0.05) is 12.8 Å². The molecule has 0 saturated heterocycles. The maximum absolute atomic E-state index is 11.6. The average molecular weight is 232 g/mol. The first-order valence-electron chi connectivity index (χ1n) is 5.83. The minimum Gasteiger partial charge on any atom is -0.327 e. The zero-order valence-electron chi connectivity index (χ0n) is 8.98. The molecular weight excluding hydrogens is 212 g/mol. The highest BCUT2D eigenvalue weighted by Crippen LogP contribution is 2.28. The molecule has 2 aliphatic carbocycles. The fourth-order valence-corrected chi connectivity index (χ4v) is 3.65. The maximum atomic E-state index is 11.6. The van der Waals surface area contributed by atoms with Crippen molar-refractivity contribution in [2.75, 3.05) is 6.54 Å². The molecule has 0 aliphatic heterocycles. The average Bonchev–Trinajstić information content (AvgIpc) is 3.00. The van der Waals surface area contributed by atoms with E-state index < -0.39 is 10.0 Å². The van der Waals surface area contributed by atoms with Crippen molar-refractivity contribution in [2.45, 2.75) is 49.8 Å². The van der Waals surface area contributed by atoms with Gasteiger partial charge >= 0.3 is 0 Å². The molecule has 3 N–H and O–H groups in total. The van der Waals surface area contributed by atoms with E-state index in [2.05, 4.69) is 4.72 Å². The van der Waals surface area contributed by atoms with Gasteiger partial charge in [-0.2, -0.15) is 0 Å². The first kappa shape index (κ1) is 11.4. The van der Waals surface area contributed by atoms with Crippen molar-refractivity contribution in [2.24, 2.45) is 11.7 Å². The topological polar surface area (TPSA) is 72.2 Å². The molecule has 88 valence electrons. The van der Waals surface area contributed by atoms with Gasteiger partial charge in [0.05, 0.1) is 5.25 Å². The Morgan fingerprint density at radius 1 is 1.13 bits per heavy atom. The molecule has 2 unspecified atom stereocenters. The van der Waals surface area contributed by atoms with Crippen molar-refractivity contribution in [3.05, 3.63) is 0 Å². The molecule has 4 nitrogen and oxygen atoms in total. The summed E-state index contributed by atoms with van der Waals surface area (Å²) < 4.78 is 25.9. The second-order valence-electron chi connectivity index (χ2n) is 4.80. The Labute approximate surface area is 91.7 Å². The van der Waals surface area contributed by atoms with Crippen molar-refractivity contribution in [3.8, 4) is 0 Å². The zero-order chi connectivity index (χ0) is 10.9. The van der Waals surface area contributed by atoms with Crippen LogP contribution in [0.1, 0.15) is 38.5 Å². The summed E-state index contributed by atoms with van der Waals surface area (Å²) in [5.74, 6) is 0.340. The lowest BCUT2D eigenvalue weighted by Crippen LogP contribution is -2.41. The molecule has 0 heterocycles. The fourth-order valence-electron chi connectivity index (χ4n) is 2.21. The van der Waals surface area contributed by atoms with Crippen molar-refractivity contribution in [1.29, 1.82) is 0 Å². The van der Waals surface area contributed by atoms with E-state index in [1.165, 1.54) is 12.8 Å². The predicted molar refractivity (Wildman–Crippen MR) is 59.9 cm³/mol. The molecule has 2 fully saturated rings. The lowest BCUT2D eigenvalue weighted by molar-refractivity contribution is 0.308. The van der Waals surface area contributed by atoms with Crippen LogP contribution in [0.3, 0.4) is 0 Å². The summed E-state index contributed by atoms with van der Waals surface area (Å²) in [6, 6.07) is 0.181. The van der Waals surface area contributed by atoms with Gasteiger partial charge in [0.1, 0.15) is 0 Å². The summed E-state index contributed by atoms with van der Waals surface area (Å²) in [5, 5.41) is -0.114. The summed E-state index contributed by atoms with van der Waals surface area (Å²) in [5.41, 5.74) is 5.97. The molecule has 2 aliphatic rings. The van der Waals surface area contributed by atoms with Crippen LogP contribution in [0.5, 0.6) is 0 Å². The third-order valence-corrected chi connectivity index (χ3v) is 5.40. The Morgan fingerprint density at radius 2 is 1.80 bits per heavy atom. The Morgan fingerprint density at radius 3 is 2.40 bits per heavy atom. The molecular formula is C10H20N2O2S. The van der Waals surface area contributed by atoms with Crippen molar-refractivity contribution in [3.63, 3.8) is 0 Å². The van der Waals surface area contributed by atoms with Gasteiger partial charge in [0.15, 0.2) is 0 Å². The molecule has 2 rings (SSSR count). The minimum absolute atomic E-state index is 0.114. The van der Waals surface area contributed by atoms with E-state index in [1.54, 1.807) is 0 Å². The Balaban J connectivity index is 1.81. The smallest absolute Gasteiger partial charge is 0.214 e. The highest BCUT2D eigenvalue weighted by Gasteiger charge is 2.36. The molecule has 0 bridgehead atoms. The van der Waals surface area contributed by atoms with Crippen molar-refractivity contribution in [1.82, 2.24) is 4.72 Å². The molecule has 0 aromatic rings. The van der Waals surface area contributed by atoms with Gasteiger partial charge in [0, 0.05) is 12.6 Å². The first-order chi connectivity index (χ1) is 7.09. The second kappa shape index (κ2) is 4.39. The van der Waals surface area contributed by atoms with Gasteiger partial charge < -0.3 is 5.73 Å². The van der Waals surface area contributed by atoms with Crippen molar-refractivity contribution < 1.29 is 8.42 Å². The monoisotopic (exact) mass is 232 g/mol. The van der Waals surface area contributed by atoms with E-state index in [9.17, 15) is 8.42 Å². The van der Waals surface area contributed by atoms with Crippen LogP contribution >= 0.6 is 0 Å². The molecule has 15 heavy (non-hydrogen) atoms. The largest absolute Gasteiger partial charge is 0.327 e. The van der Waals surface area contributed by atoms with E-state index in [0.29, 0.717) is 12.5 Å². The third-order valence-electron chi connectivity index (χ3n) is 3.48. The quantitative estimate of drug-likeness (QED) is 0.745. The summed E-state index contributed by atoms with van der Waals surface area (Å²) in [6.45, 7) is 0.542. The molecule has 0 aromatic heterocycles. The van der Waals surface area contributed by atoms with E-state index in [4.69, 9.17) is 5.73 Å². The van der Waals surface area contributed by atoms with Crippen LogP contribution in [-0.4, -0.2) is 26.3 Å².